The van der Waals surface area contributed by atoms with Crippen molar-refractivity contribution in [1.29, 1.82) is 0 Å². The maximum atomic E-state index is 12.3. The fraction of sp³-hybridized carbons (Fsp3) is 0.706. The van der Waals surface area contributed by atoms with Gasteiger partial charge in [-0.2, -0.15) is 0 Å². The van der Waals surface area contributed by atoms with E-state index in [9.17, 15) is 4.79 Å². The molecule has 1 unspecified atom stereocenters. The Kier molecular flexibility index (Phi) is 4.62. The van der Waals surface area contributed by atoms with E-state index in [0.29, 0.717) is 19.0 Å². The summed E-state index contributed by atoms with van der Waals surface area (Å²) in [6.07, 6.45) is 1.53. The highest BCUT2D eigenvalue weighted by Gasteiger charge is 2.30. The van der Waals surface area contributed by atoms with Crippen LogP contribution in [0.2, 0.25) is 0 Å². The Morgan fingerprint density at radius 1 is 1.38 bits per heavy atom. The van der Waals surface area contributed by atoms with Crippen LogP contribution in [0.3, 0.4) is 0 Å². The Bertz CT molecular complexity index is 603. The second-order valence-electron chi connectivity index (χ2n) is 7.45. The maximum absolute atomic E-state index is 12.3. The number of anilines is 1. The van der Waals surface area contributed by atoms with Crippen molar-refractivity contribution in [2.24, 2.45) is 0 Å². The third kappa shape index (κ3) is 3.61. The van der Waals surface area contributed by atoms with E-state index < -0.39 is 5.60 Å². The van der Waals surface area contributed by atoms with Crippen molar-refractivity contribution in [2.45, 2.75) is 51.7 Å². The van der Waals surface area contributed by atoms with Crippen LogP contribution >= 0.6 is 0 Å². The number of ether oxygens (including phenoxy) is 1. The molecular formula is C17H27N5O2. The number of hydrogen-bond acceptors (Lipinski definition) is 6. The van der Waals surface area contributed by atoms with E-state index in [4.69, 9.17) is 14.7 Å². The SMILES string of the molecule is CNc1nc(C2CCNC2)nc2c1CN(C(=O)OC(C)(C)C)CC2. The number of hydrogen-bond donors (Lipinski definition) is 2. The minimum Gasteiger partial charge on any atom is -0.444 e. The third-order valence-corrected chi connectivity index (χ3v) is 4.39. The van der Waals surface area contributed by atoms with Gasteiger partial charge in [-0.1, -0.05) is 0 Å². The van der Waals surface area contributed by atoms with E-state index in [-0.39, 0.29) is 6.09 Å². The number of rotatable bonds is 2. The molecule has 0 radical (unpaired) electrons. The molecule has 1 saturated heterocycles. The van der Waals surface area contributed by atoms with Gasteiger partial charge in [0, 0.05) is 38.0 Å². The molecule has 2 aliphatic heterocycles. The van der Waals surface area contributed by atoms with Crippen molar-refractivity contribution in [3.05, 3.63) is 17.1 Å². The zero-order valence-electron chi connectivity index (χ0n) is 15.0. The van der Waals surface area contributed by atoms with Crippen molar-refractivity contribution in [1.82, 2.24) is 20.2 Å². The van der Waals surface area contributed by atoms with E-state index in [1.54, 1.807) is 4.90 Å². The molecule has 2 aliphatic rings. The highest BCUT2D eigenvalue weighted by atomic mass is 16.6. The molecule has 132 valence electrons. The summed E-state index contributed by atoms with van der Waals surface area (Å²) in [5, 5.41) is 6.54. The maximum Gasteiger partial charge on any atom is 0.410 e. The molecule has 2 N–H and O–H groups in total. The summed E-state index contributed by atoms with van der Waals surface area (Å²) in [6, 6.07) is 0. The Hall–Kier alpha value is -1.89. The minimum absolute atomic E-state index is 0.278. The zero-order chi connectivity index (χ0) is 17.3. The van der Waals surface area contributed by atoms with Crippen molar-refractivity contribution in [3.63, 3.8) is 0 Å². The molecule has 0 aliphatic carbocycles. The minimum atomic E-state index is -0.487. The lowest BCUT2D eigenvalue weighted by Crippen LogP contribution is -2.40. The fourth-order valence-electron chi connectivity index (χ4n) is 3.18. The molecule has 7 heteroatoms. The first kappa shape index (κ1) is 17.0. The molecule has 1 aromatic rings. The van der Waals surface area contributed by atoms with Crippen molar-refractivity contribution < 1.29 is 9.53 Å². The summed E-state index contributed by atoms with van der Waals surface area (Å²) in [5.41, 5.74) is 1.57. The van der Waals surface area contributed by atoms with Crippen LogP contribution in [0, 0.1) is 0 Å². The van der Waals surface area contributed by atoms with Gasteiger partial charge in [0.1, 0.15) is 17.2 Å². The molecule has 1 amide bonds. The molecule has 0 spiro atoms. The Balaban J connectivity index is 1.82. The molecule has 3 heterocycles. The normalized spacial score (nSPS) is 20.7. The lowest BCUT2D eigenvalue weighted by Gasteiger charge is -2.31. The van der Waals surface area contributed by atoms with Crippen LogP contribution in [-0.2, 0) is 17.7 Å². The van der Waals surface area contributed by atoms with Gasteiger partial charge in [-0.3, -0.25) is 0 Å². The lowest BCUT2D eigenvalue weighted by molar-refractivity contribution is 0.0223. The first-order chi connectivity index (χ1) is 11.4. The molecular weight excluding hydrogens is 306 g/mol. The van der Waals surface area contributed by atoms with Crippen molar-refractivity contribution in [3.8, 4) is 0 Å². The summed E-state index contributed by atoms with van der Waals surface area (Å²) < 4.78 is 5.49. The molecule has 0 bridgehead atoms. The lowest BCUT2D eigenvalue weighted by atomic mass is 10.0. The number of carbonyl (C=O) groups is 1. The molecule has 3 rings (SSSR count). The van der Waals surface area contributed by atoms with Crippen molar-refractivity contribution in [2.75, 3.05) is 32.0 Å². The number of aromatic nitrogens is 2. The van der Waals surface area contributed by atoms with Gasteiger partial charge in [-0.05, 0) is 33.7 Å². The van der Waals surface area contributed by atoms with Gasteiger partial charge in [0.25, 0.3) is 0 Å². The highest BCUT2D eigenvalue weighted by molar-refractivity contribution is 5.69. The molecule has 0 aromatic carbocycles. The van der Waals surface area contributed by atoms with Crippen LogP contribution in [0.4, 0.5) is 10.6 Å². The van der Waals surface area contributed by atoms with Gasteiger partial charge in [-0.15, -0.1) is 0 Å². The van der Waals surface area contributed by atoms with Crippen LogP contribution in [0.25, 0.3) is 0 Å². The monoisotopic (exact) mass is 333 g/mol. The molecule has 1 fully saturated rings. The number of fused-ring (bicyclic) bond motifs is 1. The average Bonchev–Trinajstić information content (AvgIpc) is 3.06. The van der Waals surface area contributed by atoms with Crippen LogP contribution < -0.4 is 10.6 Å². The molecule has 24 heavy (non-hydrogen) atoms. The molecule has 1 aromatic heterocycles. The first-order valence-electron chi connectivity index (χ1n) is 8.63. The standard InChI is InChI=1S/C17H27N5O2/c1-17(2,3)24-16(23)22-8-6-13-12(10-22)15(18-4)21-14(20-13)11-5-7-19-9-11/h11,19H,5-10H2,1-4H3,(H,18,20,21). The second kappa shape index (κ2) is 6.55. The summed E-state index contributed by atoms with van der Waals surface area (Å²) in [5.74, 6) is 2.12. The summed E-state index contributed by atoms with van der Waals surface area (Å²) in [4.78, 5) is 23.6. The smallest absolute Gasteiger partial charge is 0.410 e. The Labute approximate surface area is 143 Å². The molecule has 1 atom stereocenters. The fourth-order valence-corrected chi connectivity index (χ4v) is 3.18. The quantitative estimate of drug-likeness (QED) is 0.860. The van der Waals surface area contributed by atoms with Gasteiger partial charge >= 0.3 is 6.09 Å². The Morgan fingerprint density at radius 2 is 2.17 bits per heavy atom. The first-order valence-corrected chi connectivity index (χ1v) is 8.63. The van der Waals surface area contributed by atoms with Gasteiger partial charge in [-0.25, -0.2) is 14.8 Å². The van der Waals surface area contributed by atoms with Gasteiger partial charge in [0.05, 0.1) is 12.2 Å². The number of nitrogens with zero attached hydrogens (tertiary/aromatic N) is 3. The highest BCUT2D eigenvalue weighted by Crippen LogP contribution is 2.28. The number of carbonyl (C=O) groups excluding carboxylic acids is 1. The topological polar surface area (TPSA) is 79.4 Å². The molecule has 7 nitrogen and oxygen atoms in total. The predicted octanol–water partition coefficient (Wildman–Crippen LogP) is 1.89. The van der Waals surface area contributed by atoms with E-state index in [1.807, 2.05) is 27.8 Å². The summed E-state index contributed by atoms with van der Waals surface area (Å²) >= 11 is 0. The van der Waals surface area contributed by atoms with Crippen molar-refractivity contribution >= 4 is 11.9 Å². The van der Waals surface area contributed by atoms with Crippen LogP contribution in [0.5, 0.6) is 0 Å². The number of amides is 1. The summed E-state index contributed by atoms with van der Waals surface area (Å²) in [7, 11) is 1.87. The van der Waals surface area contributed by atoms with E-state index in [1.165, 1.54) is 0 Å². The van der Waals surface area contributed by atoms with Crippen LogP contribution in [0.1, 0.15) is 50.2 Å². The Morgan fingerprint density at radius 3 is 2.79 bits per heavy atom. The van der Waals surface area contributed by atoms with Crippen LogP contribution in [0.15, 0.2) is 0 Å². The van der Waals surface area contributed by atoms with Gasteiger partial charge in [0.15, 0.2) is 0 Å². The van der Waals surface area contributed by atoms with E-state index >= 15 is 0 Å². The largest absolute Gasteiger partial charge is 0.444 e. The van der Waals surface area contributed by atoms with Gasteiger partial charge in [0.2, 0.25) is 0 Å². The second-order valence-corrected chi connectivity index (χ2v) is 7.45. The van der Waals surface area contributed by atoms with E-state index in [0.717, 1.165) is 48.8 Å². The average molecular weight is 333 g/mol. The number of nitrogens with one attached hydrogen (secondary N) is 2. The molecule has 0 saturated carbocycles. The zero-order valence-corrected chi connectivity index (χ0v) is 15.0. The van der Waals surface area contributed by atoms with Crippen LogP contribution in [-0.4, -0.2) is 53.2 Å². The predicted molar refractivity (Wildman–Crippen MR) is 92.2 cm³/mol. The third-order valence-electron chi connectivity index (χ3n) is 4.39. The summed E-state index contributed by atoms with van der Waals surface area (Å²) in [6.45, 7) is 8.72. The van der Waals surface area contributed by atoms with Gasteiger partial charge < -0.3 is 20.3 Å². The van der Waals surface area contributed by atoms with E-state index in [2.05, 4.69) is 10.6 Å².